The summed E-state index contributed by atoms with van der Waals surface area (Å²) >= 11 is 3.23. The number of nitrogens with zero attached hydrogens (tertiary/aromatic N) is 2. The Bertz CT molecular complexity index is 649. The second kappa shape index (κ2) is 4.64. The average Bonchev–Trinajstić information content (AvgIpc) is 2.98. The van der Waals surface area contributed by atoms with E-state index in [0.29, 0.717) is 11.6 Å². The van der Waals surface area contributed by atoms with Crippen molar-refractivity contribution < 1.29 is 9.84 Å². The summed E-state index contributed by atoms with van der Waals surface area (Å²) in [5.41, 5.74) is 0.453. The molecule has 0 aliphatic rings. The molecule has 0 saturated carbocycles. The molecule has 3 aromatic heterocycles. The molecule has 1 atom stereocenters. The van der Waals surface area contributed by atoms with Crippen molar-refractivity contribution in [3.8, 4) is 5.88 Å². The number of aliphatic hydroxyl groups is 1. The molecule has 0 aliphatic heterocycles. The highest BCUT2D eigenvalue weighted by atomic mass is 32.1. The molecule has 0 fully saturated rings. The third kappa shape index (κ3) is 1.88. The summed E-state index contributed by atoms with van der Waals surface area (Å²) in [6.07, 6.45) is 2.30. The molecule has 0 spiro atoms. The summed E-state index contributed by atoms with van der Waals surface area (Å²) in [6, 6.07) is 4.04. The van der Waals surface area contributed by atoms with Gasteiger partial charge in [-0.3, -0.25) is 4.98 Å². The number of methoxy groups -OCH3 is 1. The fourth-order valence-electron chi connectivity index (χ4n) is 1.73. The molecule has 4 nitrogen and oxygen atoms in total. The lowest BCUT2D eigenvalue weighted by molar-refractivity contribution is 0.211. The lowest BCUT2D eigenvalue weighted by Crippen LogP contribution is -2.04. The Morgan fingerprint density at radius 2 is 2.11 bits per heavy atom. The van der Waals surface area contributed by atoms with Crippen molar-refractivity contribution in [2.24, 2.45) is 0 Å². The Morgan fingerprint density at radius 3 is 2.89 bits per heavy atom. The van der Waals surface area contributed by atoms with Crippen LogP contribution in [0.15, 0.2) is 29.9 Å². The summed E-state index contributed by atoms with van der Waals surface area (Å²) in [4.78, 5) is 9.06. The van der Waals surface area contributed by atoms with E-state index in [1.54, 1.807) is 35.1 Å². The van der Waals surface area contributed by atoms with Crippen molar-refractivity contribution in [1.29, 1.82) is 0 Å². The molecule has 3 heterocycles. The van der Waals surface area contributed by atoms with Crippen LogP contribution in [0.25, 0.3) is 9.40 Å². The highest BCUT2D eigenvalue weighted by Crippen LogP contribution is 2.36. The van der Waals surface area contributed by atoms with Crippen molar-refractivity contribution in [3.63, 3.8) is 0 Å². The van der Waals surface area contributed by atoms with Gasteiger partial charge in [0, 0.05) is 26.7 Å². The third-order valence-electron chi connectivity index (χ3n) is 2.57. The quantitative estimate of drug-likeness (QED) is 0.800. The van der Waals surface area contributed by atoms with Crippen molar-refractivity contribution in [2.45, 2.75) is 6.10 Å². The van der Waals surface area contributed by atoms with Gasteiger partial charge in [0.05, 0.1) is 7.11 Å². The minimum atomic E-state index is -0.793. The monoisotopic (exact) mass is 278 g/mol. The van der Waals surface area contributed by atoms with E-state index in [9.17, 15) is 5.11 Å². The second-order valence-electron chi connectivity index (χ2n) is 3.65. The lowest BCUT2D eigenvalue weighted by atomic mass is 10.2. The van der Waals surface area contributed by atoms with E-state index in [1.807, 2.05) is 11.4 Å². The van der Waals surface area contributed by atoms with Crippen LogP contribution in [0.5, 0.6) is 5.88 Å². The van der Waals surface area contributed by atoms with E-state index in [4.69, 9.17) is 4.74 Å². The first-order chi connectivity index (χ1) is 8.79. The van der Waals surface area contributed by atoms with Crippen LogP contribution in [0.2, 0.25) is 0 Å². The standard InChI is InChI=1S/C12H10N2O2S2/c1-16-12-10(13-3-4-14-12)11(15)9-6-8-7(18-9)2-5-17-8/h2-6,11,15H,1H3. The van der Waals surface area contributed by atoms with Crippen LogP contribution in [0.4, 0.5) is 0 Å². The van der Waals surface area contributed by atoms with Gasteiger partial charge in [0.25, 0.3) is 0 Å². The van der Waals surface area contributed by atoms with Crippen molar-refractivity contribution >= 4 is 32.1 Å². The highest BCUT2D eigenvalue weighted by molar-refractivity contribution is 7.26. The molecule has 0 aliphatic carbocycles. The Balaban J connectivity index is 2.03. The molecular weight excluding hydrogens is 268 g/mol. The first-order valence-electron chi connectivity index (χ1n) is 5.29. The van der Waals surface area contributed by atoms with E-state index < -0.39 is 6.10 Å². The van der Waals surface area contributed by atoms with Gasteiger partial charge in [-0.2, -0.15) is 0 Å². The van der Waals surface area contributed by atoms with Gasteiger partial charge >= 0.3 is 0 Å². The molecule has 3 rings (SSSR count). The Kier molecular flexibility index (Phi) is 2.99. The summed E-state index contributed by atoms with van der Waals surface area (Å²) in [6.45, 7) is 0. The van der Waals surface area contributed by atoms with Crippen LogP contribution in [-0.4, -0.2) is 22.2 Å². The average molecular weight is 278 g/mol. The second-order valence-corrected chi connectivity index (χ2v) is 5.71. The molecule has 0 saturated heterocycles. The number of hydrogen-bond acceptors (Lipinski definition) is 6. The fourth-order valence-corrected chi connectivity index (χ4v) is 3.84. The number of ether oxygens (including phenoxy) is 1. The minimum absolute atomic E-state index is 0.363. The molecule has 0 radical (unpaired) electrons. The van der Waals surface area contributed by atoms with E-state index in [1.165, 1.54) is 16.5 Å². The molecule has 0 amide bonds. The largest absolute Gasteiger partial charge is 0.480 e. The summed E-state index contributed by atoms with van der Waals surface area (Å²) in [5, 5.41) is 12.4. The smallest absolute Gasteiger partial charge is 0.238 e. The fraction of sp³-hybridized carbons (Fsp3) is 0.167. The molecule has 6 heteroatoms. The zero-order valence-electron chi connectivity index (χ0n) is 9.53. The Morgan fingerprint density at radius 1 is 1.28 bits per heavy atom. The van der Waals surface area contributed by atoms with Crippen molar-refractivity contribution in [3.05, 3.63) is 40.5 Å². The van der Waals surface area contributed by atoms with E-state index in [2.05, 4.69) is 16.0 Å². The highest BCUT2D eigenvalue weighted by Gasteiger charge is 2.20. The van der Waals surface area contributed by atoms with Gasteiger partial charge in [-0.15, -0.1) is 22.7 Å². The van der Waals surface area contributed by atoms with Crippen LogP contribution in [0.1, 0.15) is 16.7 Å². The predicted molar refractivity (Wildman–Crippen MR) is 72.3 cm³/mol. The van der Waals surface area contributed by atoms with Gasteiger partial charge in [0.15, 0.2) is 0 Å². The summed E-state index contributed by atoms with van der Waals surface area (Å²) in [7, 11) is 1.52. The van der Waals surface area contributed by atoms with Crippen molar-refractivity contribution in [1.82, 2.24) is 9.97 Å². The van der Waals surface area contributed by atoms with Gasteiger partial charge in [-0.1, -0.05) is 0 Å². The van der Waals surface area contributed by atoms with Crippen LogP contribution >= 0.6 is 22.7 Å². The molecule has 92 valence electrons. The number of rotatable bonds is 3. The lowest BCUT2D eigenvalue weighted by Gasteiger charge is -2.10. The first-order valence-corrected chi connectivity index (χ1v) is 6.99. The van der Waals surface area contributed by atoms with Crippen molar-refractivity contribution in [2.75, 3.05) is 7.11 Å². The molecule has 1 unspecified atom stereocenters. The summed E-state index contributed by atoms with van der Waals surface area (Å²) in [5.74, 6) is 0.363. The van der Waals surface area contributed by atoms with Gasteiger partial charge in [0.1, 0.15) is 11.8 Å². The Labute approximate surface area is 112 Å². The molecule has 0 aromatic carbocycles. The zero-order valence-corrected chi connectivity index (χ0v) is 11.2. The van der Waals surface area contributed by atoms with Crippen LogP contribution < -0.4 is 4.74 Å². The number of aliphatic hydroxyl groups excluding tert-OH is 1. The third-order valence-corrected chi connectivity index (χ3v) is 4.72. The maximum Gasteiger partial charge on any atom is 0.238 e. The SMILES string of the molecule is COc1nccnc1C(O)c1cc2sccc2s1. The normalized spacial score (nSPS) is 12.8. The molecule has 0 bridgehead atoms. The predicted octanol–water partition coefficient (Wildman–Crippen LogP) is 2.84. The number of aromatic nitrogens is 2. The van der Waals surface area contributed by atoms with Crippen LogP contribution in [0.3, 0.4) is 0 Å². The molecule has 18 heavy (non-hydrogen) atoms. The van der Waals surface area contributed by atoms with Gasteiger partial charge in [0.2, 0.25) is 5.88 Å². The number of hydrogen-bond donors (Lipinski definition) is 1. The minimum Gasteiger partial charge on any atom is -0.480 e. The van der Waals surface area contributed by atoms with E-state index in [-0.39, 0.29) is 0 Å². The van der Waals surface area contributed by atoms with Gasteiger partial charge < -0.3 is 9.84 Å². The zero-order chi connectivity index (χ0) is 12.5. The topological polar surface area (TPSA) is 55.2 Å². The summed E-state index contributed by atoms with van der Waals surface area (Å²) < 4.78 is 7.47. The maximum atomic E-state index is 10.4. The molecule has 1 N–H and O–H groups in total. The maximum absolute atomic E-state index is 10.4. The number of thiophene rings is 2. The molecular formula is C12H10N2O2S2. The number of fused-ring (bicyclic) bond motifs is 1. The van der Waals surface area contributed by atoms with Crippen LogP contribution in [-0.2, 0) is 0 Å². The Hall–Kier alpha value is -1.50. The van der Waals surface area contributed by atoms with Gasteiger partial charge in [-0.25, -0.2) is 4.98 Å². The van der Waals surface area contributed by atoms with Gasteiger partial charge in [-0.05, 0) is 17.5 Å². The molecule has 3 aromatic rings. The van der Waals surface area contributed by atoms with Crippen LogP contribution in [0, 0.1) is 0 Å². The van der Waals surface area contributed by atoms with E-state index in [0.717, 1.165) is 4.88 Å². The first kappa shape index (κ1) is 11.6. The van der Waals surface area contributed by atoms with E-state index >= 15 is 0 Å².